The second-order valence-corrected chi connectivity index (χ2v) is 7.34. The molecular formula is C17H26BNO4. The molecule has 5 nitrogen and oxygen atoms in total. The topological polar surface area (TPSA) is 81.8 Å². The molecular weight excluding hydrogens is 293 g/mol. The van der Waals surface area contributed by atoms with Crippen molar-refractivity contribution in [3.63, 3.8) is 0 Å². The molecule has 1 aromatic carbocycles. The zero-order valence-corrected chi connectivity index (χ0v) is 15.0. The van der Waals surface area contributed by atoms with Crippen LogP contribution in [0.3, 0.4) is 0 Å². The van der Waals surface area contributed by atoms with Crippen molar-refractivity contribution in [3.8, 4) is 0 Å². The van der Waals surface area contributed by atoms with E-state index < -0.39 is 24.3 Å². The van der Waals surface area contributed by atoms with Gasteiger partial charge in [-0.1, -0.05) is 0 Å². The second kappa shape index (κ2) is 5.53. The largest absolute Gasteiger partial charge is 0.495 e. The first kappa shape index (κ1) is 17.8. The Kier molecular flexibility index (Phi) is 4.28. The Bertz CT molecular complexity index is 651. The summed E-state index contributed by atoms with van der Waals surface area (Å²) >= 11 is 0. The lowest BCUT2D eigenvalue weighted by Crippen LogP contribution is -2.41. The van der Waals surface area contributed by atoms with E-state index in [1.807, 2.05) is 48.5 Å². The van der Waals surface area contributed by atoms with Crippen molar-refractivity contribution >= 4 is 24.2 Å². The molecule has 0 aliphatic carbocycles. The van der Waals surface area contributed by atoms with Gasteiger partial charge < -0.3 is 20.1 Å². The van der Waals surface area contributed by atoms with Gasteiger partial charge in [0.2, 0.25) is 0 Å². The van der Waals surface area contributed by atoms with E-state index >= 15 is 0 Å². The number of anilines is 1. The Morgan fingerprint density at radius 3 is 1.96 bits per heavy atom. The number of nitrogens with two attached hydrogens (primary N) is 1. The predicted molar refractivity (Wildman–Crippen MR) is 92.1 cm³/mol. The van der Waals surface area contributed by atoms with Gasteiger partial charge in [-0.3, -0.25) is 4.79 Å². The van der Waals surface area contributed by atoms with E-state index in [1.54, 1.807) is 0 Å². The third-order valence-electron chi connectivity index (χ3n) is 5.34. The zero-order valence-electron chi connectivity index (χ0n) is 15.0. The van der Waals surface area contributed by atoms with Crippen LogP contribution in [-0.2, 0) is 20.5 Å². The zero-order chi connectivity index (χ0) is 17.7. The molecule has 23 heavy (non-hydrogen) atoms. The lowest BCUT2D eigenvalue weighted by molar-refractivity contribution is -0.136. The second-order valence-electron chi connectivity index (χ2n) is 7.34. The van der Waals surface area contributed by atoms with Gasteiger partial charge in [-0.25, -0.2) is 0 Å². The Labute approximate surface area is 138 Å². The number of benzene rings is 1. The molecule has 126 valence electrons. The first-order valence-corrected chi connectivity index (χ1v) is 7.84. The van der Waals surface area contributed by atoms with Gasteiger partial charge in [0, 0.05) is 5.69 Å². The maximum atomic E-state index is 11.2. The molecule has 0 atom stereocenters. The van der Waals surface area contributed by atoms with Crippen molar-refractivity contribution in [1.82, 2.24) is 0 Å². The van der Waals surface area contributed by atoms with Crippen LogP contribution >= 0.6 is 0 Å². The molecule has 1 aromatic rings. The lowest BCUT2D eigenvalue weighted by atomic mass is 9.70. The summed E-state index contributed by atoms with van der Waals surface area (Å²) in [5, 5.41) is 9.20. The fourth-order valence-electron chi connectivity index (χ4n) is 3.04. The number of carboxylic acid groups (broad SMARTS) is 1. The highest BCUT2D eigenvalue weighted by Gasteiger charge is 2.52. The summed E-state index contributed by atoms with van der Waals surface area (Å²) < 4.78 is 12.3. The van der Waals surface area contributed by atoms with Gasteiger partial charge in [-0.05, 0) is 76.2 Å². The summed E-state index contributed by atoms with van der Waals surface area (Å²) in [7, 11) is -0.546. The van der Waals surface area contributed by atoms with Crippen LogP contribution < -0.4 is 11.2 Å². The van der Waals surface area contributed by atoms with Crippen LogP contribution in [0.15, 0.2) is 0 Å². The highest BCUT2D eigenvalue weighted by molar-refractivity contribution is 6.63. The normalized spacial score (nSPS) is 19.2. The molecule has 1 aliphatic rings. The van der Waals surface area contributed by atoms with Gasteiger partial charge >= 0.3 is 13.1 Å². The van der Waals surface area contributed by atoms with Crippen molar-refractivity contribution in [3.05, 3.63) is 22.3 Å². The minimum Gasteiger partial charge on any atom is -0.481 e. The van der Waals surface area contributed by atoms with Crippen LogP contribution in [0.4, 0.5) is 5.69 Å². The fraction of sp³-hybridized carbons (Fsp3) is 0.588. The number of carbonyl (C=O) groups is 1. The molecule has 6 heteroatoms. The fourth-order valence-corrected chi connectivity index (χ4v) is 3.04. The Morgan fingerprint density at radius 2 is 1.52 bits per heavy atom. The van der Waals surface area contributed by atoms with E-state index in [2.05, 4.69) is 0 Å². The standard InChI is InChI=1S/C17H26BNO4/c1-9-12(8-13(20)21)10(2)15(19)11(3)14(9)18-22-16(4,5)17(6,7)23-18/h8,19H2,1-7H3,(H,20,21). The summed E-state index contributed by atoms with van der Waals surface area (Å²) in [6.45, 7) is 13.7. The molecule has 0 aromatic heterocycles. The van der Waals surface area contributed by atoms with Crippen LogP contribution in [0.5, 0.6) is 0 Å². The summed E-state index contributed by atoms with van der Waals surface area (Å²) in [5.74, 6) is -0.876. The third kappa shape index (κ3) is 2.86. The quantitative estimate of drug-likeness (QED) is 0.659. The van der Waals surface area contributed by atoms with E-state index in [1.165, 1.54) is 0 Å². The maximum absolute atomic E-state index is 11.2. The van der Waals surface area contributed by atoms with Gasteiger partial charge in [0.1, 0.15) is 0 Å². The Hall–Kier alpha value is -1.53. The monoisotopic (exact) mass is 319 g/mol. The molecule has 1 heterocycles. The number of rotatable bonds is 3. The van der Waals surface area contributed by atoms with Crippen LogP contribution in [0.25, 0.3) is 0 Å². The van der Waals surface area contributed by atoms with Crippen molar-refractivity contribution in [2.75, 3.05) is 5.73 Å². The molecule has 1 saturated heterocycles. The van der Waals surface area contributed by atoms with Crippen molar-refractivity contribution in [2.24, 2.45) is 0 Å². The van der Waals surface area contributed by atoms with Gasteiger partial charge in [0.25, 0.3) is 0 Å². The maximum Gasteiger partial charge on any atom is 0.495 e. The average Bonchev–Trinajstić information content (AvgIpc) is 2.61. The van der Waals surface area contributed by atoms with E-state index in [0.29, 0.717) is 5.69 Å². The molecule has 1 aliphatic heterocycles. The molecule has 0 saturated carbocycles. The number of aliphatic carboxylic acids is 1. The van der Waals surface area contributed by atoms with Gasteiger partial charge in [-0.15, -0.1) is 0 Å². The van der Waals surface area contributed by atoms with Crippen molar-refractivity contribution in [2.45, 2.75) is 66.1 Å². The van der Waals surface area contributed by atoms with Crippen LogP contribution in [-0.4, -0.2) is 29.4 Å². The first-order valence-electron chi connectivity index (χ1n) is 7.84. The molecule has 0 radical (unpaired) electrons. The van der Waals surface area contributed by atoms with Crippen molar-refractivity contribution < 1.29 is 19.2 Å². The molecule has 1 fully saturated rings. The smallest absolute Gasteiger partial charge is 0.481 e. The summed E-state index contributed by atoms with van der Waals surface area (Å²) in [4.78, 5) is 11.2. The molecule has 0 spiro atoms. The van der Waals surface area contributed by atoms with E-state index in [9.17, 15) is 9.90 Å². The third-order valence-corrected chi connectivity index (χ3v) is 5.34. The van der Waals surface area contributed by atoms with Crippen molar-refractivity contribution in [1.29, 1.82) is 0 Å². The van der Waals surface area contributed by atoms with Gasteiger partial charge in [0.15, 0.2) is 0 Å². The molecule has 2 rings (SSSR count). The average molecular weight is 319 g/mol. The number of carboxylic acids is 1. The van der Waals surface area contributed by atoms with E-state index in [0.717, 1.165) is 27.7 Å². The predicted octanol–water partition coefficient (Wildman–Crippen LogP) is 2.12. The summed E-state index contributed by atoms with van der Waals surface area (Å²) in [6, 6.07) is 0. The molecule has 0 unspecified atom stereocenters. The molecule has 0 bridgehead atoms. The van der Waals surface area contributed by atoms with Gasteiger partial charge in [-0.2, -0.15) is 0 Å². The highest BCUT2D eigenvalue weighted by Crippen LogP contribution is 2.38. The number of nitrogen functional groups attached to an aromatic ring is 1. The SMILES string of the molecule is Cc1c(N)c(C)c(B2OC(C)(C)C(C)(C)O2)c(C)c1CC(=O)O. The first-order chi connectivity index (χ1) is 10.4. The Morgan fingerprint density at radius 1 is 1.04 bits per heavy atom. The summed E-state index contributed by atoms with van der Waals surface area (Å²) in [5.41, 5.74) is 10.1. The lowest BCUT2D eigenvalue weighted by Gasteiger charge is -2.32. The van der Waals surface area contributed by atoms with Crippen LogP contribution in [0, 0.1) is 20.8 Å². The highest BCUT2D eigenvalue weighted by atomic mass is 16.7. The summed E-state index contributed by atoms with van der Waals surface area (Å²) in [6.07, 6.45) is -0.0609. The molecule has 0 amide bonds. The number of hydrogen-bond acceptors (Lipinski definition) is 4. The van der Waals surface area contributed by atoms with Crippen LogP contribution in [0.1, 0.15) is 49.9 Å². The van der Waals surface area contributed by atoms with Crippen LogP contribution in [0.2, 0.25) is 0 Å². The van der Waals surface area contributed by atoms with Gasteiger partial charge in [0.05, 0.1) is 17.6 Å². The molecule has 3 N–H and O–H groups in total. The minimum atomic E-state index is -0.876. The van der Waals surface area contributed by atoms with E-state index in [-0.39, 0.29) is 6.42 Å². The Balaban J connectivity index is 2.60. The minimum absolute atomic E-state index is 0.0609. The number of hydrogen-bond donors (Lipinski definition) is 2. The van der Waals surface area contributed by atoms with E-state index in [4.69, 9.17) is 15.0 Å².